The molecular weight excluding hydrogens is 348 g/mol. The third-order valence-electron chi connectivity index (χ3n) is 4.74. The Morgan fingerprint density at radius 1 is 0.893 bits per heavy atom. The van der Waals surface area contributed by atoms with Crippen LogP contribution >= 0.6 is 0 Å². The first-order valence-corrected chi connectivity index (χ1v) is 9.40. The summed E-state index contributed by atoms with van der Waals surface area (Å²) in [5, 5.41) is 0. The van der Waals surface area contributed by atoms with Crippen molar-refractivity contribution in [2.24, 2.45) is 5.73 Å². The lowest BCUT2D eigenvalue weighted by Gasteiger charge is -2.14. The Balaban J connectivity index is 0.000000236. The molecule has 0 saturated heterocycles. The van der Waals surface area contributed by atoms with Gasteiger partial charge in [0.1, 0.15) is 0 Å². The van der Waals surface area contributed by atoms with Crippen LogP contribution in [0.25, 0.3) is 0 Å². The van der Waals surface area contributed by atoms with Crippen LogP contribution in [0.15, 0.2) is 78.9 Å². The molecule has 1 aliphatic rings. The molecule has 0 aromatic heterocycles. The zero-order valence-electron chi connectivity index (χ0n) is 16.2. The van der Waals surface area contributed by atoms with Gasteiger partial charge in [0, 0.05) is 26.2 Å². The molecule has 0 atom stereocenters. The normalized spacial score (nSPS) is 12.6. The fraction of sp³-hybridized carbons (Fsp3) is 0.208. The summed E-state index contributed by atoms with van der Waals surface area (Å²) in [6, 6.07) is 26.3. The highest BCUT2D eigenvalue weighted by Crippen LogP contribution is 2.25. The molecule has 0 amide bonds. The van der Waals surface area contributed by atoms with Crippen LogP contribution in [-0.4, -0.2) is 18.0 Å². The van der Waals surface area contributed by atoms with Gasteiger partial charge in [-0.25, -0.2) is 4.79 Å². The maximum atomic E-state index is 11.6. The quantitative estimate of drug-likeness (QED) is 0.698. The molecule has 3 aromatic carbocycles. The molecule has 0 radical (unpaired) electrons. The Morgan fingerprint density at radius 2 is 1.50 bits per heavy atom. The predicted octanol–water partition coefficient (Wildman–Crippen LogP) is 4.13. The lowest BCUT2D eigenvalue weighted by atomic mass is 10.1. The van der Waals surface area contributed by atoms with Gasteiger partial charge in [0.05, 0.1) is 12.7 Å². The van der Waals surface area contributed by atoms with Crippen molar-refractivity contribution in [2.45, 2.75) is 26.2 Å². The Bertz CT molecular complexity index is 895. The summed E-state index contributed by atoms with van der Waals surface area (Å²) in [5.74, 6) is -0.269. The van der Waals surface area contributed by atoms with E-state index in [-0.39, 0.29) is 5.97 Å². The van der Waals surface area contributed by atoms with Crippen LogP contribution in [0.4, 0.5) is 0 Å². The van der Waals surface area contributed by atoms with E-state index in [0.717, 1.165) is 19.6 Å². The highest BCUT2D eigenvalue weighted by atomic mass is 16.5. The molecule has 1 heterocycles. The third-order valence-corrected chi connectivity index (χ3v) is 4.74. The van der Waals surface area contributed by atoms with E-state index in [4.69, 9.17) is 10.5 Å². The number of methoxy groups -OCH3 is 1. The largest absolute Gasteiger partial charge is 0.465 e. The number of rotatable bonds is 4. The Labute approximate surface area is 166 Å². The number of nitrogens with zero attached hydrogens (tertiary/aromatic N) is 1. The average Bonchev–Trinajstić information content (AvgIpc) is 3.16. The molecule has 0 spiro atoms. The minimum Gasteiger partial charge on any atom is -0.465 e. The van der Waals surface area contributed by atoms with E-state index in [1.54, 1.807) is 0 Å². The first-order chi connectivity index (χ1) is 13.7. The SMILES string of the molecule is COC(=O)c1ccc2c(c1)CN(Cc1ccccc1)C2.NCc1ccccc1. The van der Waals surface area contributed by atoms with Crippen LogP contribution in [0.1, 0.15) is 32.6 Å². The molecule has 0 fully saturated rings. The van der Waals surface area contributed by atoms with Gasteiger partial charge < -0.3 is 10.5 Å². The number of carbonyl (C=O) groups excluding carboxylic acids is 1. The zero-order chi connectivity index (χ0) is 19.8. The van der Waals surface area contributed by atoms with E-state index in [1.807, 2.05) is 54.6 Å². The van der Waals surface area contributed by atoms with E-state index in [9.17, 15) is 4.79 Å². The molecule has 1 aliphatic heterocycles. The number of hydrogen-bond donors (Lipinski definition) is 1. The molecule has 4 heteroatoms. The van der Waals surface area contributed by atoms with E-state index < -0.39 is 0 Å². The maximum absolute atomic E-state index is 11.6. The van der Waals surface area contributed by atoms with Gasteiger partial charge in [0.2, 0.25) is 0 Å². The van der Waals surface area contributed by atoms with Gasteiger partial charge in [-0.2, -0.15) is 0 Å². The number of hydrogen-bond acceptors (Lipinski definition) is 4. The lowest BCUT2D eigenvalue weighted by molar-refractivity contribution is 0.0600. The number of carbonyl (C=O) groups is 1. The Morgan fingerprint density at radius 3 is 2.07 bits per heavy atom. The molecular formula is C24H26N2O2. The highest BCUT2D eigenvalue weighted by molar-refractivity contribution is 5.89. The average molecular weight is 374 g/mol. The molecule has 0 unspecified atom stereocenters. The minimum absolute atomic E-state index is 0.269. The van der Waals surface area contributed by atoms with Crippen molar-refractivity contribution in [2.75, 3.05) is 7.11 Å². The van der Waals surface area contributed by atoms with Crippen molar-refractivity contribution in [3.05, 3.63) is 107 Å². The summed E-state index contributed by atoms with van der Waals surface area (Å²) in [7, 11) is 1.41. The second-order valence-electron chi connectivity index (χ2n) is 6.80. The summed E-state index contributed by atoms with van der Waals surface area (Å²) in [6.45, 7) is 3.39. The maximum Gasteiger partial charge on any atom is 0.337 e. The summed E-state index contributed by atoms with van der Waals surface area (Å²) >= 11 is 0. The van der Waals surface area contributed by atoms with Gasteiger partial charge >= 0.3 is 5.97 Å². The van der Waals surface area contributed by atoms with E-state index >= 15 is 0 Å². The summed E-state index contributed by atoms with van der Waals surface area (Å²) < 4.78 is 4.77. The third kappa shape index (κ3) is 5.28. The van der Waals surface area contributed by atoms with E-state index in [1.165, 1.54) is 29.4 Å². The zero-order valence-corrected chi connectivity index (χ0v) is 16.2. The van der Waals surface area contributed by atoms with Gasteiger partial charge in [-0.1, -0.05) is 66.7 Å². The molecule has 3 aromatic rings. The van der Waals surface area contributed by atoms with Crippen LogP contribution in [0.5, 0.6) is 0 Å². The molecule has 4 rings (SSSR count). The molecule has 4 nitrogen and oxygen atoms in total. The van der Waals surface area contributed by atoms with Crippen molar-refractivity contribution in [1.82, 2.24) is 4.90 Å². The van der Waals surface area contributed by atoms with E-state index in [0.29, 0.717) is 12.1 Å². The van der Waals surface area contributed by atoms with Gasteiger partial charge in [-0.15, -0.1) is 0 Å². The van der Waals surface area contributed by atoms with Gasteiger partial charge in [-0.05, 0) is 34.4 Å². The first kappa shape index (κ1) is 19.8. The topological polar surface area (TPSA) is 55.6 Å². The predicted molar refractivity (Wildman–Crippen MR) is 112 cm³/mol. The second-order valence-corrected chi connectivity index (χ2v) is 6.80. The van der Waals surface area contributed by atoms with Gasteiger partial charge in [0.15, 0.2) is 0 Å². The van der Waals surface area contributed by atoms with Crippen LogP contribution in [0.3, 0.4) is 0 Å². The number of benzene rings is 3. The standard InChI is InChI=1S/C17H17NO2.C7H9N/c1-20-17(19)14-7-8-15-11-18(12-16(15)9-14)10-13-5-3-2-4-6-13;8-6-7-4-2-1-3-5-7/h2-9H,10-12H2,1H3;1-5H,6,8H2. The first-order valence-electron chi connectivity index (χ1n) is 9.40. The summed E-state index contributed by atoms with van der Waals surface area (Å²) in [5.41, 5.74) is 11.0. The van der Waals surface area contributed by atoms with Crippen molar-refractivity contribution in [1.29, 1.82) is 0 Å². The van der Waals surface area contributed by atoms with Crippen LogP contribution in [0, 0.1) is 0 Å². The lowest BCUT2D eigenvalue weighted by Crippen LogP contribution is -2.15. The monoisotopic (exact) mass is 374 g/mol. The number of nitrogens with two attached hydrogens (primary N) is 1. The van der Waals surface area contributed by atoms with E-state index in [2.05, 4.69) is 29.2 Å². The molecule has 0 saturated carbocycles. The Kier molecular flexibility index (Phi) is 6.95. The van der Waals surface area contributed by atoms with Crippen LogP contribution in [0.2, 0.25) is 0 Å². The van der Waals surface area contributed by atoms with Crippen LogP contribution < -0.4 is 5.73 Å². The molecule has 0 aliphatic carbocycles. The van der Waals surface area contributed by atoms with Crippen molar-refractivity contribution >= 4 is 5.97 Å². The second kappa shape index (κ2) is 9.83. The number of esters is 1. The van der Waals surface area contributed by atoms with Gasteiger partial charge in [-0.3, -0.25) is 4.90 Å². The molecule has 28 heavy (non-hydrogen) atoms. The molecule has 0 bridgehead atoms. The molecule has 144 valence electrons. The van der Waals surface area contributed by atoms with Crippen molar-refractivity contribution < 1.29 is 9.53 Å². The fourth-order valence-electron chi connectivity index (χ4n) is 3.28. The summed E-state index contributed by atoms with van der Waals surface area (Å²) in [6.07, 6.45) is 0. The highest BCUT2D eigenvalue weighted by Gasteiger charge is 2.20. The van der Waals surface area contributed by atoms with Gasteiger partial charge in [0.25, 0.3) is 0 Å². The number of fused-ring (bicyclic) bond motifs is 1. The van der Waals surface area contributed by atoms with Crippen molar-refractivity contribution in [3.8, 4) is 0 Å². The minimum atomic E-state index is -0.269. The Hall–Kier alpha value is -2.95. The molecule has 2 N–H and O–H groups in total. The smallest absolute Gasteiger partial charge is 0.337 e. The summed E-state index contributed by atoms with van der Waals surface area (Å²) in [4.78, 5) is 13.9. The van der Waals surface area contributed by atoms with Crippen molar-refractivity contribution in [3.63, 3.8) is 0 Å². The van der Waals surface area contributed by atoms with Crippen LogP contribution in [-0.2, 0) is 30.9 Å². The number of ether oxygens (including phenoxy) is 1. The fourth-order valence-corrected chi connectivity index (χ4v) is 3.28.